The lowest BCUT2D eigenvalue weighted by molar-refractivity contribution is -0.143. The number of allylic oxidation sites excluding steroid dienone is 1. The van der Waals surface area contributed by atoms with Crippen LogP contribution >= 0.6 is 27.3 Å². The number of rotatable bonds is 6. The van der Waals surface area contributed by atoms with Gasteiger partial charge in [0.15, 0.2) is 16.3 Å². The van der Waals surface area contributed by atoms with E-state index in [1.807, 2.05) is 43.3 Å². The number of thiazole rings is 1. The molecule has 0 bridgehead atoms. The summed E-state index contributed by atoms with van der Waals surface area (Å²) in [5.74, 6) is 1.47. The van der Waals surface area contributed by atoms with Crippen LogP contribution in [0, 0.1) is 0 Å². The second-order valence-electron chi connectivity index (χ2n) is 8.76. The molecule has 2 aliphatic rings. The number of hydrogen-bond donors (Lipinski definition) is 0. The summed E-state index contributed by atoms with van der Waals surface area (Å²) in [5.41, 5.74) is 2.12. The number of hydrogen-bond acceptors (Lipinski definition) is 8. The Balaban J connectivity index is 1.68. The number of esters is 1. The fraction of sp³-hybridized carbons (Fsp3) is 0.296. The second-order valence-corrected chi connectivity index (χ2v) is 10.6. The predicted molar refractivity (Wildman–Crippen MR) is 143 cm³/mol. The first-order valence-electron chi connectivity index (χ1n) is 11.8. The molecular weight excluding hydrogens is 560 g/mol. The van der Waals surface area contributed by atoms with E-state index in [0.29, 0.717) is 44.5 Å². The van der Waals surface area contributed by atoms with Crippen molar-refractivity contribution in [2.75, 3.05) is 13.4 Å². The molecule has 192 valence electrons. The van der Waals surface area contributed by atoms with Crippen molar-refractivity contribution in [3.05, 3.63) is 83.0 Å². The highest BCUT2D eigenvalue weighted by molar-refractivity contribution is 9.10. The lowest BCUT2D eigenvalue weighted by Crippen LogP contribution is -2.40. The van der Waals surface area contributed by atoms with Crippen LogP contribution in [0.2, 0.25) is 0 Å². The molecule has 2 aromatic carbocycles. The summed E-state index contributed by atoms with van der Waals surface area (Å²) >= 11 is 4.82. The molecule has 37 heavy (non-hydrogen) atoms. The van der Waals surface area contributed by atoms with Crippen LogP contribution < -0.4 is 29.1 Å². The normalized spacial score (nSPS) is 16.6. The molecule has 1 aromatic heterocycles. The summed E-state index contributed by atoms with van der Waals surface area (Å²) in [5, 5.41) is 0. The van der Waals surface area contributed by atoms with Crippen LogP contribution in [0.25, 0.3) is 6.08 Å². The maximum Gasteiger partial charge on any atom is 0.338 e. The summed E-state index contributed by atoms with van der Waals surface area (Å²) in [4.78, 5) is 32.2. The van der Waals surface area contributed by atoms with Gasteiger partial charge < -0.3 is 18.9 Å². The van der Waals surface area contributed by atoms with Gasteiger partial charge in [0, 0.05) is 4.47 Å². The summed E-state index contributed by atoms with van der Waals surface area (Å²) < 4.78 is 24.9. The Labute approximate surface area is 225 Å². The molecule has 0 amide bonds. The SMILES string of the molecule is CCOc1ccc([C@H]2C(C(=O)OC(C)C)=C(C)N=c3s/c(=C/c4cc5c(cc4Br)OCO5)c(=O)n32)cc1. The van der Waals surface area contributed by atoms with E-state index in [1.165, 1.54) is 11.3 Å². The fourth-order valence-corrected chi connectivity index (χ4v) is 5.75. The smallest absolute Gasteiger partial charge is 0.338 e. The van der Waals surface area contributed by atoms with Crippen molar-refractivity contribution >= 4 is 39.3 Å². The zero-order valence-electron chi connectivity index (χ0n) is 20.7. The molecule has 0 unspecified atom stereocenters. The van der Waals surface area contributed by atoms with E-state index in [-0.39, 0.29) is 18.5 Å². The summed E-state index contributed by atoms with van der Waals surface area (Å²) in [7, 11) is 0. The minimum Gasteiger partial charge on any atom is -0.494 e. The molecule has 3 aromatic rings. The molecule has 0 saturated heterocycles. The molecule has 2 aliphatic heterocycles. The van der Waals surface area contributed by atoms with Gasteiger partial charge >= 0.3 is 5.97 Å². The molecule has 10 heteroatoms. The van der Waals surface area contributed by atoms with E-state index in [0.717, 1.165) is 15.6 Å². The van der Waals surface area contributed by atoms with Crippen molar-refractivity contribution in [1.29, 1.82) is 0 Å². The van der Waals surface area contributed by atoms with Gasteiger partial charge in [-0.2, -0.15) is 0 Å². The molecule has 0 radical (unpaired) electrons. The van der Waals surface area contributed by atoms with Crippen molar-refractivity contribution < 1.29 is 23.7 Å². The Hall–Kier alpha value is -3.37. The van der Waals surface area contributed by atoms with Gasteiger partial charge in [-0.05, 0) is 69.2 Å². The maximum atomic E-state index is 13.8. The van der Waals surface area contributed by atoms with Gasteiger partial charge in [-0.25, -0.2) is 9.79 Å². The number of halogens is 1. The van der Waals surface area contributed by atoms with E-state index in [2.05, 4.69) is 20.9 Å². The van der Waals surface area contributed by atoms with Crippen LogP contribution in [0.15, 0.2) is 61.9 Å². The average Bonchev–Trinajstić information content (AvgIpc) is 3.42. The molecule has 0 N–H and O–H groups in total. The van der Waals surface area contributed by atoms with Crippen molar-refractivity contribution in [3.8, 4) is 17.2 Å². The Morgan fingerprint density at radius 1 is 1.24 bits per heavy atom. The van der Waals surface area contributed by atoms with Crippen molar-refractivity contribution in [2.24, 2.45) is 4.99 Å². The first-order valence-corrected chi connectivity index (χ1v) is 13.4. The van der Waals surface area contributed by atoms with Gasteiger partial charge in [-0.1, -0.05) is 39.4 Å². The molecule has 8 nitrogen and oxygen atoms in total. The number of carbonyl (C=O) groups excluding carboxylic acids is 1. The third-order valence-corrected chi connectivity index (χ3v) is 7.54. The van der Waals surface area contributed by atoms with Gasteiger partial charge in [0.05, 0.1) is 34.6 Å². The van der Waals surface area contributed by atoms with Crippen LogP contribution in [0.1, 0.15) is 44.9 Å². The van der Waals surface area contributed by atoms with E-state index >= 15 is 0 Å². The predicted octanol–water partition coefficient (Wildman–Crippen LogP) is 4.08. The summed E-state index contributed by atoms with van der Waals surface area (Å²) in [6.45, 7) is 7.95. The summed E-state index contributed by atoms with van der Waals surface area (Å²) in [6.07, 6.45) is 1.47. The van der Waals surface area contributed by atoms with E-state index in [1.54, 1.807) is 31.4 Å². The van der Waals surface area contributed by atoms with Crippen LogP contribution in [0.5, 0.6) is 17.2 Å². The number of benzene rings is 2. The monoisotopic (exact) mass is 584 g/mol. The first kappa shape index (κ1) is 25.3. The first-order chi connectivity index (χ1) is 17.8. The zero-order chi connectivity index (χ0) is 26.3. The largest absolute Gasteiger partial charge is 0.494 e. The van der Waals surface area contributed by atoms with Crippen molar-refractivity contribution in [1.82, 2.24) is 4.57 Å². The van der Waals surface area contributed by atoms with Crippen LogP contribution in [-0.4, -0.2) is 30.0 Å². The molecular formula is C27H25BrN2O6S. The number of carbonyl (C=O) groups is 1. The Kier molecular flexibility index (Phi) is 6.96. The standard InChI is InChI=1S/C27H25BrN2O6S/c1-5-33-18-8-6-16(7-9-18)24-23(26(32)36-14(2)3)15(4)29-27-30(24)25(31)22(37-27)11-17-10-20-21(12-19(17)28)35-13-34-20/h6-12,14,24H,5,13H2,1-4H3/b22-11+/t24-/m0/s1. The fourth-order valence-electron chi connectivity index (χ4n) is 4.27. The highest BCUT2D eigenvalue weighted by Gasteiger charge is 2.34. The molecule has 1 atom stereocenters. The minimum atomic E-state index is -0.694. The highest BCUT2D eigenvalue weighted by Crippen LogP contribution is 2.37. The molecule has 0 saturated carbocycles. The lowest BCUT2D eigenvalue weighted by Gasteiger charge is -2.25. The minimum absolute atomic E-state index is 0.157. The van der Waals surface area contributed by atoms with Crippen LogP contribution in [0.4, 0.5) is 0 Å². The molecule has 0 fully saturated rings. The second kappa shape index (κ2) is 10.2. The zero-order valence-corrected chi connectivity index (χ0v) is 23.1. The average molecular weight is 585 g/mol. The molecule has 0 aliphatic carbocycles. The Bertz CT molecular complexity index is 1590. The number of fused-ring (bicyclic) bond motifs is 2. The summed E-state index contributed by atoms with van der Waals surface area (Å²) in [6, 6.07) is 10.3. The van der Waals surface area contributed by atoms with E-state index in [9.17, 15) is 9.59 Å². The molecule has 3 heterocycles. The number of aromatic nitrogens is 1. The number of nitrogens with zero attached hydrogens (tertiary/aromatic N) is 2. The van der Waals surface area contributed by atoms with Crippen LogP contribution in [0.3, 0.4) is 0 Å². The van der Waals surface area contributed by atoms with Gasteiger partial charge in [-0.15, -0.1) is 0 Å². The highest BCUT2D eigenvalue weighted by atomic mass is 79.9. The van der Waals surface area contributed by atoms with Crippen LogP contribution in [-0.2, 0) is 9.53 Å². The third-order valence-electron chi connectivity index (χ3n) is 5.87. The number of ether oxygens (including phenoxy) is 4. The maximum absolute atomic E-state index is 13.8. The Morgan fingerprint density at radius 2 is 1.95 bits per heavy atom. The molecule has 0 spiro atoms. The van der Waals surface area contributed by atoms with Crippen molar-refractivity contribution in [3.63, 3.8) is 0 Å². The molecule has 5 rings (SSSR count). The van der Waals surface area contributed by atoms with Gasteiger partial charge in [0.1, 0.15) is 5.75 Å². The van der Waals surface area contributed by atoms with Gasteiger partial charge in [-0.3, -0.25) is 9.36 Å². The van der Waals surface area contributed by atoms with Gasteiger partial charge in [0.25, 0.3) is 5.56 Å². The third kappa shape index (κ3) is 4.83. The van der Waals surface area contributed by atoms with E-state index in [4.69, 9.17) is 18.9 Å². The lowest BCUT2D eigenvalue weighted by atomic mass is 9.96. The quantitative estimate of drug-likeness (QED) is 0.406. The topological polar surface area (TPSA) is 88.4 Å². The van der Waals surface area contributed by atoms with Crippen molar-refractivity contribution in [2.45, 2.75) is 39.8 Å². The van der Waals surface area contributed by atoms with E-state index < -0.39 is 12.0 Å². The Morgan fingerprint density at radius 3 is 2.62 bits per heavy atom. The van der Waals surface area contributed by atoms with Gasteiger partial charge in [0.2, 0.25) is 6.79 Å².